The van der Waals surface area contributed by atoms with E-state index in [4.69, 9.17) is 4.74 Å². The second-order valence-electron chi connectivity index (χ2n) is 10.8. The number of piperidine rings is 1. The maximum absolute atomic E-state index is 12.8. The number of benzene rings is 3. The molecule has 0 spiro atoms. The van der Waals surface area contributed by atoms with E-state index in [0.29, 0.717) is 5.56 Å². The molecule has 1 aliphatic heterocycles. The van der Waals surface area contributed by atoms with Gasteiger partial charge in [-0.25, -0.2) is 4.79 Å². The molecule has 40 heavy (non-hydrogen) atoms. The molecule has 0 radical (unpaired) electrons. The number of ether oxygens (including phenoxy) is 1. The summed E-state index contributed by atoms with van der Waals surface area (Å²) in [6.07, 6.45) is 5.57. The number of amides is 3. The zero-order valence-corrected chi connectivity index (χ0v) is 23.9. The molecule has 3 aromatic rings. The minimum absolute atomic E-state index is 0.0838. The molecule has 0 bridgehead atoms. The topological polar surface area (TPSA) is 82.7 Å². The van der Waals surface area contributed by atoms with Gasteiger partial charge in [-0.1, -0.05) is 37.6 Å². The number of nitrogens with zero attached hydrogens (tertiary/aromatic N) is 1. The highest BCUT2D eigenvalue weighted by Crippen LogP contribution is 2.21. The number of nitrogens with one attached hydrogen (secondary N) is 3. The van der Waals surface area contributed by atoms with Crippen LogP contribution in [-0.2, 0) is 6.42 Å². The average Bonchev–Trinajstić information content (AvgIpc) is 2.95. The van der Waals surface area contributed by atoms with E-state index in [-0.39, 0.29) is 24.1 Å². The van der Waals surface area contributed by atoms with Crippen LogP contribution in [-0.4, -0.2) is 48.6 Å². The summed E-state index contributed by atoms with van der Waals surface area (Å²) in [5.41, 5.74) is 4.37. The van der Waals surface area contributed by atoms with Crippen LogP contribution in [0.2, 0.25) is 0 Å². The molecule has 7 nitrogen and oxygen atoms in total. The number of urea groups is 1. The second kappa shape index (κ2) is 14.5. The van der Waals surface area contributed by atoms with E-state index in [1.54, 1.807) is 0 Å². The molecule has 0 atom stereocenters. The van der Waals surface area contributed by atoms with Gasteiger partial charge in [-0.2, -0.15) is 0 Å². The minimum Gasteiger partial charge on any atom is -0.490 e. The van der Waals surface area contributed by atoms with Crippen LogP contribution in [0.1, 0.15) is 67.9 Å². The monoisotopic (exact) mass is 542 g/mol. The lowest BCUT2D eigenvalue weighted by atomic mass is 10.0. The molecule has 0 unspecified atom stereocenters. The van der Waals surface area contributed by atoms with E-state index >= 15 is 0 Å². The Morgan fingerprint density at radius 3 is 1.98 bits per heavy atom. The van der Waals surface area contributed by atoms with Gasteiger partial charge in [0.2, 0.25) is 0 Å². The quantitative estimate of drug-likeness (QED) is 0.252. The van der Waals surface area contributed by atoms with Gasteiger partial charge >= 0.3 is 6.03 Å². The van der Waals surface area contributed by atoms with Gasteiger partial charge in [0.15, 0.2) is 0 Å². The Hall–Kier alpha value is -3.84. The van der Waals surface area contributed by atoms with Crippen LogP contribution >= 0.6 is 0 Å². The third-order valence-electron chi connectivity index (χ3n) is 7.03. The predicted octanol–water partition coefficient (Wildman–Crippen LogP) is 6.70. The van der Waals surface area contributed by atoms with E-state index in [1.165, 1.54) is 19.4 Å². The lowest BCUT2D eigenvalue weighted by molar-refractivity contribution is 0.0996. The number of likely N-dealkylation sites (tertiary alicyclic amines) is 1. The van der Waals surface area contributed by atoms with Gasteiger partial charge in [-0.05, 0) is 106 Å². The summed E-state index contributed by atoms with van der Waals surface area (Å²) in [4.78, 5) is 27.2. The van der Waals surface area contributed by atoms with Crippen molar-refractivity contribution in [2.75, 3.05) is 30.3 Å². The van der Waals surface area contributed by atoms with Crippen LogP contribution in [0.25, 0.3) is 0 Å². The normalized spacial score (nSPS) is 14.1. The minimum atomic E-state index is -0.210. The lowest BCUT2D eigenvalue weighted by Crippen LogP contribution is -2.38. The second-order valence-corrected chi connectivity index (χ2v) is 10.8. The molecule has 1 saturated heterocycles. The van der Waals surface area contributed by atoms with Crippen molar-refractivity contribution in [1.82, 2.24) is 10.2 Å². The Balaban J connectivity index is 1.22. The summed E-state index contributed by atoms with van der Waals surface area (Å²) in [6.45, 7) is 9.44. The van der Waals surface area contributed by atoms with Crippen molar-refractivity contribution >= 4 is 23.3 Å². The van der Waals surface area contributed by atoms with Gasteiger partial charge in [0.05, 0.1) is 0 Å². The Labute approximate surface area is 238 Å². The Morgan fingerprint density at radius 1 is 0.850 bits per heavy atom. The van der Waals surface area contributed by atoms with Crippen molar-refractivity contribution in [2.24, 2.45) is 0 Å². The van der Waals surface area contributed by atoms with Crippen LogP contribution < -0.4 is 20.7 Å². The van der Waals surface area contributed by atoms with Crippen molar-refractivity contribution in [3.63, 3.8) is 0 Å². The third kappa shape index (κ3) is 9.12. The maximum Gasteiger partial charge on any atom is 0.319 e. The first-order chi connectivity index (χ1) is 19.4. The first kappa shape index (κ1) is 29.2. The van der Waals surface area contributed by atoms with Crippen molar-refractivity contribution in [2.45, 2.75) is 65.0 Å². The Kier molecular flexibility index (Phi) is 10.6. The first-order valence-electron chi connectivity index (χ1n) is 14.4. The highest BCUT2D eigenvalue weighted by Gasteiger charge is 2.20. The van der Waals surface area contributed by atoms with E-state index < -0.39 is 0 Å². The predicted molar refractivity (Wildman–Crippen MR) is 162 cm³/mol. The molecule has 4 rings (SSSR count). The SMILES string of the molecule is CCCCN1CCC(Oc2ccc(C(=O)Nc3ccc(Cc4ccc(NC(=O)NC(C)C)cc4)cc3)cc2)CC1. The zero-order valence-electron chi connectivity index (χ0n) is 23.9. The van der Waals surface area contributed by atoms with Crippen molar-refractivity contribution in [1.29, 1.82) is 0 Å². The summed E-state index contributed by atoms with van der Waals surface area (Å²) in [5.74, 6) is 0.670. The largest absolute Gasteiger partial charge is 0.490 e. The van der Waals surface area contributed by atoms with Crippen LogP contribution in [0, 0.1) is 0 Å². The Bertz CT molecular complexity index is 1220. The van der Waals surface area contributed by atoms with Crippen LogP contribution in [0.4, 0.5) is 16.2 Å². The maximum atomic E-state index is 12.8. The van der Waals surface area contributed by atoms with Crippen molar-refractivity contribution < 1.29 is 14.3 Å². The summed E-state index contributed by atoms with van der Waals surface area (Å²) in [5, 5.41) is 8.62. The number of hydrogen-bond donors (Lipinski definition) is 3. The molecule has 1 aliphatic rings. The summed E-state index contributed by atoms with van der Waals surface area (Å²) in [6, 6.07) is 23.0. The van der Waals surface area contributed by atoms with Gasteiger partial charge in [0.1, 0.15) is 11.9 Å². The number of hydrogen-bond acceptors (Lipinski definition) is 4. The molecule has 0 saturated carbocycles. The molecular formula is C33H42N4O3. The zero-order chi connectivity index (χ0) is 28.3. The van der Waals surface area contributed by atoms with Crippen LogP contribution in [0.3, 0.4) is 0 Å². The molecule has 0 aromatic heterocycles. The van der Waals surface area contributed by atoms with E-state index in [0.717, 1.165) is 60.6 Å². The van der Waals surface area contributed by atoms with Gasteiger partial charge < -0.3 is 25.6 Å². The Morgan fingerprint density at radius 2 is 1.43 bits per heavy atom. The summed E-state index contributed by atoms with van der Waals surface area (Å²) >= 11 is 0. The van der Waals surface area contributed by atoms with Crippen molar-refractivity contribution in [3.8, 4) is 5.75 Å². The fourth-order valence-electron chi connectivity index (χ4n) is 4.79. The smallest absolute Gasteiger partial charge is 0.319 e. The standard InChI is InChI=1S/C33H42N4O3/c1-4-5-20-37-21-18-31(19-22-37)40-30-16-10-27(11-17-30)32(38)35-28-12-6-25(7-13-28)23-26-8-14-29(15-9-26)36-33(39)34-24(2)3/h6-17,24,31H,4-5,18-23H2,1-3H3,(H,35,38)(H2,34,36,39). The lowest BCUT2D eigenvalue weighted by Gasteiger charge is -2.32. The van der Waals surface area contributed by atoms with Crippen LogP contribution in [0.15, 0.2) is 72.8 Å². The highest BCUT2D eigenvalue weighted by molar-refractivity contribution is 6.04. The molecule has 212 valence electrons. The van der Waals surface area contributed by atoms with Crippen molar-refractivity contribution in [3.05, 3.63) is 89.5 Å². The number of carbonyl (C=O) groups excluding carboxylic acids is 2. The molecule has 1 fully saturated rings. The van der Waals surface area contributed by atoms with E-state index in [1.807, 2.05) is 86.6 Å². The van der Waals surface area contributed by atoms with Gasteiger partial charge in [-0.3, -0.25) is 4.79 Å². The summed E-state index contributed by atoms with van der Waals surface area (Å²) in [7, 11) is 0. The molecule has 3 N–H and O–H groups in total. The highest BCUT2D eigenvalue weighted by atomic mass is 16.5. The molecule has 3 amide bonds. The third-order valence-corrected chi connectivity index (χ3v) is 7.03. The van der Waals surface area contributed by atoms with E-state index in [2.05, 4.69) is 27.8 Å². The molecule has 7 heteroatoms. The van der Waals surface area contributed by atoms with Crippen LogP contribution in [0.5, 0.6) is 5.75 Å². The molecule has 1 heterocycles. The van der Waals surface area contributed by atoms with Gasteiger partial charge in [0, 0.05) is 36.1 Å². The summed E-state index contributed by atoms with van der Waals surface area (Å²) < 4.78 is 6.18. The average molecular weight is 543 g/mol. The number of rotatable bonds is 11. The fraction of sp³-hybridized carbons (Fsp3) is 0.394. The molecular weight excluding hydrogens is 500 g/mol. The number of unbranched alkanes of at least 4 members (excludes halogenated alkanes) is 1. The molecule has 0 aliphatic carbocycles. The first-order valence-corrected chi connectivity index (χ1v) is 14.4. The van der Waals surface area contributed by atoms with Gasteiger partial charge in [0.25, 0.3) is 5.91 Å². The van der Waals surface area contributed by atoms with Gasteiger partial charge in [-0.15, -0.1) is 0 Å². The van der Waals surface area contributed by atoms with E-state index in [9.17, 15) is 9.59 Å². The number of anilines is 2. The fourth-order valence-corrected chi connectivity index (χ4v) is 4.79. The number of carbonyl (C=O) groups is 2. The molecule has 3 aromatic carbocycles.